The summed E-state index contributed by atoms with van der Waals surface area (Å²) in [5.41, 5.74) is 2.03. The lowest BCUT2D eigenvalue weighted by Gasteiger charge is -2.18. The number of hydrogen-bond acceptors (Lipinski definition) is 4. The third-order valence-electron chi connectivity index (χ3n) is 5.97. The van der Waals surface area contributed by atoms with E-state index in [1.807, 2.05) is 36.4 Å². The number of amides is 1. The van der Waals surface area contributed by atoms with E-state index in [1.54, 1.807) is 12.1 Å². The van der Waals surface area contributed by atoms with Crippen molar-refractivity contribution in [1.82, 2.24) is 9.78 Å². The van der Waals surface area contributed by atoms with Gasteiger partial charge in [-0.05, 0) is 49.1 Å². The Morgan fingerprint density at radius 3 is 2.52 bits per heavy atom. The molecule has 1 atom stereocenters. The largest absolute Gasteiger partial charge is 0.371 e. The molecule has 2 aromatic carbocycles. The van der Waals surface area contributed by atoms with Crippen LogP contribution >= 0.6 is 0 Å². The summed E-state index contributed by atoms with van der Waals surface area (Å²) < 4.78 is 1.44. The molecule has 4 rings (SSSR count). The quantitative estimate of drug-likeness (QED) is 0.566. The number of aryl methyl sites for hydroxylation is 1. The molecule has 1 unspecified atom stereocenters. The van der Waals surface area contributed by atoms with E-state index in [9.17, 15) is 9.59 Å². The monoisotopic (exact) mass is 418 g/mol. The predicted molar refractivity (Wildman–Crippen MR) is 126 cm³/mol. The van der Waals surface area contributed by atoms with Crippen LogP contribution in [0.15, 0.2) is 53.3 Å². The smallest absolute Gasteiger partial charge is 0.276 e. The topological polar surface area (TPSA) is 67.2 Å². The summed E-state index contributed by atoms with van der Waals surface area (Å²) in [5.74, 6) is 0.412. The fourth-order valence-electron chi connectivity index (χ4n) is 4.18. The van der Waals surface area contributed by atoms with Crippen LogP contribution in [0.25, 0.3) is 10.8 Å². The first-order chi connectivity index (χ1) is 15.1. The minimum absolute atomic E-state index is 0.146. The molecule has 162 valence electrons. The Kier molecular flexibility index (Phi) is 6.35. The maximum atomic E-state index is 13.1. The minimum atomic E-state index is -0.303. The number of hydrogen-bond donors (Lipinski definition) is 1. The first-order valence-corrected chi connectivity index (χ1v) is 11.2. The van der Waals surface area contributed by atoms with Crippen molar-refractivity contribution in [2.24, 2.45) is 5.92 Å². The minimum Gasteiger partial charge on any atom is -0.371 e. The summed E-state index contributed by atoms with van der Waals surface area (Å²) in [6, 6.07) is 15.1. The molecule has 1 aromatic heterocycles. The van der Waals surface area contributed by atoms with E-state index in [2.05, 4.69) is 29.2 Å². The molecule has 1 aliphatic rings. The molecule has 1 aliphatic heterocycles. The zero-order chi connectivity index (χ0) is 21.8. The first-order valence-electron chi connectivity index (χ1n) is 11.2. The third kappa shape index (κ3) is 4.63. The standard InChI is InChI=1S/C25H30N4O2/c1-3-4-7-15-29-25(31)22-9-6-5-8-21(22)23(27-29)24(30)26-19-10-12-20(13-11-19)28-16-14-18(2)17-28/h5-6,8-13,18H,3-4,7,14-17H2,1-2H3,(H,26,30). The average molecular weight is 419 g/mol. The fraction of sp³-hybridized carbons (Fsp3) is 0.400. The van der Waals surface area contributed by atoms with Crippen molar-refractivity contribution in [2.45, 2.75) is 46.1 Å². The van der Waals surface area contributed by atoms with Crippen LogP contribution in [0.2, 0.25) is 0 Å². The van der Waals surface area contributed by atoms with Gasteiger partial charge in [-0.25, -0.2) is 4.68 Å². The molecule has 1 N–H and O–H groups in total. The number of benzene rings is 2. The molecule has 2 heterocycles. The van der Waals surface area contributed by atoms with Gasteiger partial charge in [-0.2, -0.15) is 5.10 Å². The molecule has 0 spiro atoms. The Labute approximate surface area is 182 Å². The molecular weight excluding hydrogens is 388 g/mol. The average Bonchev–Trinajstić information content (AvgIpc) is 3.22. The SMILES string of the molecule is CCCCCn1nc(C(=O)Nc2ccc(N3CCC(C)C3)cc2)c2ccccc2c1=O. The van der Waals surface area contributed by atoms with Crippen molar-refractivity contribution in [3.63, 3.8) is 0 Å². The molecule has 6 nitrogen and oxygen atoms in total. The van der Waals surface area contributed by atoms with Gasteiger partial charge in [0.15, 0.2) is 5.69 Å². The molecule has 0 bridgehead atoms. The van der Waals surface area contributed by atoms with Gasteiger partial charge in [0.25, 0.3) is 11.5 Å². The maximum absolute atomic E-state index is 13.1. The number of carbonyl (C=O) groups is 1. The number of anilines is 2. The molecule has 0 aliphatic carbocycles. The Morgan fingerprint density at radius 2 is 1.84 bits per heavy atom. The lowest BCUT2D eigenvalue weighted by atomic mass is 10.1. The highest BCUT2D eigenvalue weighted by molar-refractivity contribution is 6.11. The van der Waals surface area contributed by atoms with Gasteiger partial charge in [0.05, 0.1) is 5.39 Å². The summed E-state index contributed by atoms with van der Waals surface area (Å²) in [6.45, 7) is 7.04. The van der Waals surface area contributed by atoms with Crippen molar-refractivity contribution in [1.29, 1.82) is 0 Å². The number of fused-ring (bicyclic) bond motifs is 1. The van der Waals surface area contributed by atoms with Gasteiger partial charge in [-0.1, -0.05) is 44.9 Å². The van der Waals surface area contributed by atoms with E-state index < -0.39 is 0 Å². The van der Waals surface area contributed by atoms with E-state index in [4.69, 9.17) is 0 Å². The molecule has 6 heteroatoms. The van der Waals surface area contributed by atoms with Crippen LogP contribution in [-0.2, 0) is 6.54 Å². The molecule has 0 saturated carbocycles. The van der Waals surface area contributed by atoms with Gasteiger partial charge in [0, 0.05) is 36.4 Å². The van der Waals surface area contributed by atoms with Gasteiger partial charge in [-0.3, -0.25) is 9.59 Å². The van der Waals surface area contributed by atoms with Crippen LogP contribution in [0, 0.1) is 5.92 Å². The molecule has 1 amide bonds. The Balaban J connectivity index is 1.58. The maximum Gasteiger partial charge on any atom is 0.276 e. The fourth-order valence-corrected chi connectivity index (χ4v) is 4.18. The highest BCUT2D eigenvalue weighted by atomic mass is 16.2. The van der Waals surface area contributed by atoms with Crippen molar-refractivity contribution < 1.29 is 4.79 Å². The van der Waals surface area contributed by atoms with Crippen LogP contribution in [0.3, 0.4) is 0 Å². The summed E-state index contributed by atoms with van der Waals surface area (Å²) in [4.78, 5) is 28.3. The first kappa shape index (κ1) is 21.1. The number of aromatic nitrogens is 2. The Hall–Kier alpha value is -3.15. The van der Waals surface area contributed by atoms with Gasteiger partial charge in [0.2, 0.25) is 0 Å². The second-order valence-electron chi connectivity index (χ2n) is 8.47. The summed E-state index contributed by atoms with van der Waals surface area (Å²) in [6.07, 6.45) is 4.15. The van der Waals surface area contributed by atoms with E-state index in [-0.39, 0.29) is 17.2 Å². The number of carbonyl (C=O) groups excluding carboxylic acids is 1. The zero-order valence-corrected chi connectivity index (χ0v) is 18.3. The lowest BCUT2D eigenvalue weighted by Crippen LogP contribution is -2.27. The van der Waals surface area contributed by atoms with E-state index in [0.717, 1.165) is 38.0 Å². The van der Waals surface area contributed by atoms with Gasteiger partial charge in [-0.15, -0.1) is 0 Å². The normalized spacial score (nSPS) is 16.1. The summed E-state index contributed by atoms with van der Waals surface area (Å²) >= 11 is 0. The van der Waals surface area contributed by atoms with Crippen molar-refractivity contribution >= 4 is 28.1 Å². The van der Waals surface area contributed by atoms with Crippen LogP contribution in [0.5, 0.6) is 0 Å². The van der Waals surface area contributed by atoms with Gasteiger partial charge < -0.3 is 10.2 Å². The highest BCUT2D eigenvalue weighted by Gasteiger charge is 2.19. The summed E-state index contributed by atoms with van der Waals surface area (Å²) in [5, 5.41) is 8.51. The third-order valence-corrected chi connectivity index (χ3v) is 5.97. The Bertz CT molecular complexity index is 1120. The van der Waals surface area contributed by atoms with Crippen LogP contribution in [0.4, 0.5) is 11.4 Å². The zero-order valence-electron chi connectivity index (χ0n) is 18.3. The number of nitrogens with one attached hydrogen (secondary N) is 1. The molecule has 31 heavy (non-hydrogen) atoms. The van der Waals surface area contributed by atoms with Crippen LogP contribution in [-0.4, -0.2) is 28.8 Å². The van der Waals surface area contributed by atoms with Crippen molar-refractivity contribution in [3.05, 3.63) is 64.6 Å². The number of nitrogens with zero attached hydrogens (tertiary/aromatic N) is 3. The predicted octanol–water partition coefficient (Wildman–Crippen LogP) is 4.69. The second kappa shape index (κ2) is 9.33. The van der Waals surface area contributed by atoms with Crippen LogP contribution in [0.1, 0.15) is 50.0 Å². The molecule has 0 radical (unpaired) electrons. The summed E-state index contributed by atoms with van der Waals surface area (Å²) in [7, 11) is 0. The molecule has 1 fully saturated rings. The molecular formula is C25H30N4O2. The van der Waals surface area contributed by atoms with Crippen LogP contribution < -0.4 is 15.8 Å². The van der Waals surface area contributed by atoms with Gasteiger partial charge >= 0.3 is 0 Å². The highest BCUT2D eigenvalue weighted by Crippen LogP contribution is 2.25. The molecule has 1 saturated heterocycles. The van der Waals surface area contributed by atoms with Crippen molar-refractivity contribution in [2.75, 3.05) is 23.3 Å². The van der Waals surface area contributed by atoms with Gasteiger partial charge in [0.1, 0.15) is 0 Å². The second-order valence-corrected chi connectivity index (χ2v) is 8.47. The number of rotatable bonds is 7. The number of unbranched alkanes of at least 4 members (excludes halogenated alkanes) is 2. The van der Waals surface area contributed by atoms with E-state index in [1.165, 1.54) is 16.8 Å². The van der Waals surface area contributed by atoms with E-state index in [0.29, 0.717) is 23.2 Å². The molecule has 3 aromatic rings. The lowest BCUT2D eigenvalue weighted by molar-refractivity contribution is 0.102. The van der Waals surface area contributed by atoms with Crippen molar-refractivity contribution in [3.8, 4) is 0 Å². The van der Waals surface area contributed by atoms with E-state index >= 15 is 0 Å². The Morgan fingerprint density at radius 1 is 1.10 bits per heavy atom.